The Hall–Kier alpha value is -2.41. The maximum absolute atomic E-state index is 12.1. The molecule has 19 heavy (non-hydrogen) atoms. The van der Waals surface area contributed by atoms with Gasteiger partial charge in [0.25, 0.3) is 5.91 Å². The van der Waals surface area contributed by atoms with E-state index in [1.165, 1.54) is 12.1 Å². The summed E-state index contributed by atoms with van der Waals surface area (Å²) in [5.74, 6) is -0.323. The van der Waals surface area contributed by atoms with Crippen LogP contribution in [-0.4, -0.2) is 21.0 Å². The smallest absolute Gasteiger partial charge is 0.324 e. The molecule has 0 atom stereocenters. The predicted molar refractivity (Wildman–Crippen MR) is 73.0 cm³/mol. The van der Waals surface area contributed by atoms with Gasteiger partial charge >= 0.3 is 5.69 Å². The van der Waals surface area contributed by atoms with Gasteiger partial charge in [0.2, 0.25) is 0 Å². The van der Waals surface area contributed by atoms with Crippen LogP contribution in [0.15, 0.2) is 29.1 Å². The quantitative estimate of drug-likeness (QED) is 0.496. The van der Waals surface area contributed by atoms with Crippen LogP contribution in [-0.2, 0) is 0 Å². The summed E-state index contributed by atoms with van der Waals surface area (Å²) in [5, 5.41) is 11.8. The molecule has 1 heterocycles. The van der Waals surface area contributed by atoms with Crippen molar-refractivity contribution in [2.24, 2.45) is 0 Å². The number of phenols is 1. The summed E-state index contributed by atoms with van der Waals surface area (Å²) in [6.45, 7) is 1.59. The van der Waals surface area contributed by atoms with Crippen molar-refractivity contribution < 1.29 is 9.90 Å². The third kappa shape index (κ3) is 2.89. The standard InChI is InChI=1S/C12H11N3O3S/c1-6-9(11(19)15-12(18)13-6)10(17)14-7-2-4-8(16)5-3-7/h2-5,16H,1H3,(H,14,17)(H2,13,15,18,19). The normalized spacial score (nSPS) is 10.2. The zero-order chi connectivity index (χ0) is 14.0. The van der Waals surface area contributed by atoms with E-state index in [0.717, 1.165) is 0 Å². The number of anilines is 1. The molecule has 0 saturated carbocycles. The highest BCUT2D eigenvalue weighted by molar-refractivity contribution is 7.71. The number of hydrogen-bond donors (Lipinski definition) is 4. The molecule has 1 aromatic heterocycles. The number of carbonyl (C=O) groups is 1. The molecule has 1 amide bonds. The molecule has 0 saturated heterocycles. The number of aromatic nitrogens is 2. The fraction of sp³-hybridized carbons (Fsp3) is 0.0833. The molecule has 2 aromatic rings. The molecule has 1 aromatic carbocycles. The highest BCUT2D eigenvalue weighted by Crippen LogP contribution is 2.15. The highest BCUT2D eigenvalue weighted by Gasteiger charge is 2.12. The minimum absolute atomic E-state index is 0.0810. The summed E-state index contributed by atoms with van der Waals surface area (Å²) >= 11 is 4.96. The molecule has 2 rings (SSSR count). The van der Waals surface area contributed by atoms with E-state index >= 15 is 0 Å². The van der Waals surface area contributed by atoms with E-state index in [0.29, 0.717) is 11.4 Å². The molecule has 0 aliphatic rings. The number of H-pyrrole nitrogens is 2. The van der Waals surface area contributed by atoms with Crippen LogP contribution in [0.5, 0.6) is 5.75 Å². The number of hydrogen-bond acceptors (Lipinski definition) is 4. The first-order valence-electron chi connectivity index (χ1n) is 5.41. The Bertz CT molecular complexity index is 731. The zero-order valence-electron chi connectivity index (χ0n) is 9.98. The maximum atomic E-state index is 12.1. The van der Waals surface area contributed by atoms with Gasteiger partial charge in [-0.25, -0.2) is 4.79 Å². The number of amides is 1. The number of nitrogens with one attached hydrogen (secondary N) is 3. The summed E-state index contributed by atoms with van der Waals surface area (Å²) < 4.78 is 0.0810. The average Bonchev–Trinajstić information content (AvgIpc) is 2.30. The van der Waals surface area contributed by atoms with Gasteiger partial charge in [0, 0.05) is 11.4 Å². The van der Waals surface area contributed by atoms with E-state index in [-0.39, 0.29) is 16.0 Å². The van der Waals surface area contributed by atoms with Crippen molar-refractivity contribution in [3.8, 4) is 5.75 Å². The summed E-state index contributed by atoms with van der Waals surface area (Å²) in [4.78, 5) is 28.0. The summed E-state index contributed by atoms with van der Waals surface area (Å²) in [7, 11) is 0. The van der Waals surface area contributed by atoms with Crippen molar-refractivity contribution >= 4 is 23.8 Å². The SMILES string of the molecule is Cc1[nH]c(=O)[nH]c(=S)c1C(=O)Nc1ccc(O)cc1. The fourth-order valence-corrected chi connectivity index (χ4v) is 1.95. The second kappa shape index (κ2) is 5.07. The predicted octanol–water partition coefficient (Wildman–Crippen LogP) is 1.70. The van der Waals surface area contributed by atoms with E-state index in [2.05, 4.69) is 15.3 Å². The minimum atomic E-state index is -0.455. The van der Waals surface area contributed by atoms with Crippen LogP contribution < -0.4 is 11.0 Å². The number of rotatable bonds is 2. The summed E-state index contributed by atoms with van der Waals surface area (Å²) in [6.07, 6.45) is 0. The lowest BCUT2D eigenvalue weighted by Gasteiger charge is -2.07. The minimum Gasteiger partial charge on any atom is -0.508 e. The van der Waals surface area contributed by atoms with Gasteiger partial charge < -0.3 is 15.4 Å². The van der Waals surface area contributed by atoms with E-state index in [1.807, 2.05) is 0 Å². The lowest BCUT2D eigenvalue weighted by atomic mass is 10.2. The van der Waals surface area contributed by atoms with E-state index in [9.17, 15) is 9.59 Å². The van der Waals surface area contributed by atoms with Gasteiger partial charge in [0.1, 0.15) is 10.4 Å². The van der Waals surface area contributed by atoms with Crippen LogP contribution in [0.2, 0.25) is 0 Å². The van der Waals surface area contributed by atoms with Crippen molar-refractivity contribution in [2.75, 3.05) is 5.32 Å². The zero-order valence-corrected chi connectivity index (χ0v) is 10.8. The number of aromatic amines is 2. The van der Waals surface area contributed by atoms with Gasteiger partial charge in [-0.05, 0) is 31.2 Å². The molecule has 0 radical (unpaired) electrons. The molecule has 7 heteroatoms. The average molecular weight is 277 g/mol. The van der Waals surface area contributed by atoms with Gasteiger partial charge in [-0.15, -0.1) is 0 Å². The monoisotopic (exact) mass is 277 g/mol. The van der Waals surface area contributed by atoms with Crippen molar-refractivity contribution in [1.29, 1.82) is 0 Å². The molecular formula is C12H11N3O3S. The van der Waals surface area contributed by atoms with Gasteiger partial charge in [-0.2, -0.15) is 0 Å². The van der Waals surface area contributed by atoms with E-state index in [1.54, 1.807) is 19.1 Å². The Balaban J connectivity index is 2.33. The third-order valence-electron chi connectivity index (χ3n) is 2.48. The topological polar surface area (TPSA) is 98.0 Å². The number of phenolic OH excluding ortho intramolecular Hbond substituents is 1. The Morgan fingerprint density at radius 2 is 1.89 bits per heavy atom. The van der Waals surface area contributed by atoms with Crippen LogP contribution in [0.1, 0.15) is 16.1 Å². The van der Waals surface area contributed by atoms with Gasteiger partial charge in [0.15, 0.2) is 0 Å². The first-order chi connectivity index (χ1) is 8.97. The van der Waals surface area contributed by atoms with E-state index in [4.69, 9.17) is 17.3 Å². The number of benzene rings is 1. The molecule has 0 unspecified atom stereocenters. The highest BCUT2D eigenvalue weighted by atomic mass is 32.1. The number of aryl methyl sites for hydroxylation is 1. The summed E-state index contributed by atoms with van der Waals surface area (Å²) in [6, 6.07) is 6.02. The van der Waals surface area contributed by atoms with Crippen molar-refractivity contribution in [2.45, 2.75) is 6.92 Å². The third-order valence-corrected chi connectivity index (χ3v) is 2.79. The first-order valence-corrected chi connectivity index (χ1v) is 5.82. The van der Waals surface area contributed by atoms with Crippen LogP contribution >= 0.6 is 12.2 Å². The summed E-state index contributed by atoms with van der Waals surface area (Å²) in [5.41, 5.74) is 0.666. The molecule has 0 bridgehead atoms. The second-order valence-electron chi connectivity index (χ2n) is 3.91. The Morgan fingerprint density at radius 1 is 1.26 bits per heavy atom. The first kappa shape index (κ1) is 13.0. The lowest BCUT2D eigenvalue weighted by Crippen LogP contribution is -2.21. The lowest BCUT2D eigenvalue weighted by molar-refractivity contribution is 0.102. The number of carbonyl (C=O) groups excluding carboxylic acids is 1. The second-order valence-corrected chi connectivity index (χ2v) is 4.32. The Kier molecular flexibility index (Phi) is 3.48. The molecule has 0 aliphatic carbocycles. The van der Waals surface area contributed by atoms with Crippen LogP contribution in [0.4, 0.5) is 5.69 Å². The van der Waals surface area contributed by atoms with Gasteiger partial charge in [0.05, 0.1) is 5.56 Å². The molecule has 98 valence electrons. The van der Waals surface area contributed by atoms with Crippen LogP contribution in [0.25, 0.3) is 0 Å². The Morgan fingerprint density at radius 3 is 2.47 bits per heavy atom. The largest absolute Gasteiger partial charge is 0.508 e. The molecule has 6 nitrogen and oxygen atoms in total. The van der Waals surface area contributed by atoms with E-state index < -0.39 is 11.6 Å². The van der Waals surface area contributed by atoms with Crippen molar-refractivity contribution in [1.82, 2.24) is 9.97 Å². The molecule has 0 fully saturated rings. The van der Waals surface area contributed by atoms with Crippen LogP contribution in [0, 0.1) is 11.6 Å². The molecule has 0 aliphatic heterocycles. The van der Waals surface area contributed by atoms with Crippen molar-refractivity contribution in [3.63, 3.8) is 0 Å². The number of aromatic hydroxyl groups is 1. The Labute approximate surface area is 113 Å². The fourth-order valence-electron chi connectivity index (χ4n) is 1.61. The van der Waals surface area contributed by atoms with Gasteiger partial charge in [-0.1, -0.05) is 12.2 Å². The van der Waals surface area contributed by atoms with Crippen molar-refractivity contribution in [3.05, 3.63) is 50.6 Å². The molecular weight excluding hydrogens is 266 g/mol. The maximum Gasteiger partial charge on any atom is 0.324 e. The molecule has 0 spiro atoms. The van der Waals surface area contributed by atoms with Crippen LogP contribution in [0.3, 0.4) is 0 Å². The molecule has 4 N–H and O–H groups in total. The van der Waals surface area contributed by atoms with Gasteiger partial charge in [-0.3, -0.25) is 9.78 Å².